The van der Waals surface area contributed by atoms with Gasteiger partial charge in [0.25, 0.3) is 5.91 Å². The standard InChI is InChI=1S/C22H24ClN5O4/c1-15-20(21(23)28(24-15)13-16-5-3-2-4-6-16)22(32)26-11-9-25(10-12-26)19(31)14-27-17(29)7-8-18(27)30/h2-6H,7-14H2,1H3. The first-order valence-electron chi connectivity index (χ1n) is 10.5. The highest BCUT2D eigenvalue weighted by molar-refractivity contribution is 6.33. The van der Waals surface area contributed by atoms with Gasteiger partial charge in [-0.25, -0.2) is 4.68 Å². The number of amides is 4. The van der Waals surface area contributed by atoms with Crippen molar-refractivity contribution < 1.29 is 19.2 Å². The van der Waals surface area contributed by atoms with E-state index >= 15 is 0 Å². The Hall–Kier alpha value is -3.20. The van der Waals surface area contributed by atoms with Crippen LogP contribution in [0.4, 0.5) is 0 Å². The number of carbonyl (C=O) groups excluding carboxylic acids is 4. The van der Waals surface area contributed by atoms with Crippen molar-refractivity contribution in [3.8, 4) is 0 Å². The summed E-state index contributed by atoms with van der Waals surface area (Å²) in [5.41, 5.74) is 1.95. The van der Waals surface area contributed by atoms with Gasteiger partial charge in [-0.1, -0.05) is 41.9 Å². The molecule has 1 aromatic heterocycles. The molecule has 0 radical (unpaired) electrons. The first kappa shape index (κ1) is 22.0. The molecule has 2 aliphatic rings. The molecule has 0 aliphatic carbocycles. The molecule has 9 nitrogen and oxygen atoms in total. The number of imide groups is 1. The second-order valence-electron chi connectivity index (χ2n) is 7.94. The van der Waals surface area contributed by atoms with Crippen LogP contribution in [0.3, 0.4) is 0 Å². The Labute approximate surface area is 190 Å². The van der Waals surface area contributed by atoms with Gasteiger partial charge in [0.2, 0.25) is 17.7 Å². The Morgan fingerprint density at radius 1 is 0.969 bits per heavy atom. The lowest BCUT2D eigenvalue weighted by Gasteiger charge is -2.35. The monoisotopic (exact) mass is 457 g/mol. The molecule has 0 spiro atoms. The fourth-order valence-corrected chi connectivity index (χ4v) is 4.32. The molecule has 2 aliphatic heterocycles. The highest BCUT2D eigenvalue weighted by atomic mass is 35.5. The van der Waals surface area contributed by atoms with Crippen LogP contribution in [0.1, 0.15) is 34.5 Å². The number of likely N-dealkylation sites (tertiary alicyclic amines) is 1. The lowest BCUT2D eigenvalue weighted by atomic mass is 10.2. The second kappa shape index (κ2) is 9.12. The Balaban J connectivity index is 1.38. The molecule has 168 valence electrons. The van der Waals surface area contributed by atoms with Crippen molar-refractivity contribution in [2.45, 2.75) is 26.3 Å². The second-order valence-corrected chi connectivity index (χ2v) is 8.30. The van der Waals surface area contributed by atoms with Crippen LogP contribution in [0.15, 0.2) is 30.3 Å². The summed E-state index contributed by atoms with van der Waals surface area (Å²) in [6.45, 7) is 3.32. The zero-order valence-corrected chi connectivity index (χ0v) is 18.5. The van der Waals surface area contributed by atoms with Crippen molar-refractivity contribution in [3.63, 3.8) is 0 Å². The van der Waals surface area contributed by atoms with E-state index in [0.29, 0.717) is 49.1 Å². The van der Waals surface area contributed by atoms with Crippen LogP contribution in [0.5, 0.6) is 0 Å². The molecule has 0 N–H and O–H groups in total. The van der Waals surface area contributed by atoms with Crippen molar-refractivity contribution in [1.29, 1.82) is 0 Å². The van der Waals surface area contributed by atoms with E-state index in [1.54, 1.807) is 21.4 Å². The lowest BCUT2D eigenvalue weighted by Crippen LogP contribution is -2.53. The van der Waals surface area contributed by atoms with E-state index in [2.05, 4.69) is 5.10 Å². The number of rotatable bonds is 5. The third-order valence-corrected chi connectivity index (χ3v) is 6.21. The Kier molecular flexibility index (Phi) is 6.27. The van der Waals surface area contributed by atoms with E-state index in [1.807, 2.05) is 30.3 Å². The molecular weight excluding hydrogens is 434 g/mol. The molecule has 0 atom stereocenters. The Morgan fingerprint density at radius 2 is 1.56 bits per heavy atom. The van der Waals surface area contributed by atoms with Crippen LogP contribution in [-0.4, -0.2) is 80.8 Å². The number of carbonyl (C=O) groups is 4. The molecule has 0 unspecified atom stereocenters. The normalized spacial score (nSPS) is 16.8. The molecule has 1 aromatic carbocycles. The van der Waals surface area contributed by atoms with Gasteiger partial charge >= 0.3 is 0 Å². The maximum atomic E-state index is 13.1. The zero-order chi connectivity index (χ0) is 22.8. The van der Waals surface area contributed by atoms with Crippen LogP contribution in [0.2, 0.25) is 5.15 Å². The molecule has 10 heteroatoms. The first-order valence-corrected chi connectivity index (χ1v) is 10.9. The van der Waals surface area contributed by atoms with Crippen LogP contribution in [-0.2, 0) is 20.9 Å². The minimum Gasteiger partial charge on any atom is -0.338 e. The van der Waals surface area contributed by atoms with Gasteiger partial charge in [0.05, 0.1) is 17.8 Å². The van der Waals surface area contributed by atoms with E-state index in [0.717, 1.165) is 10.5 Å². The fourth-order valence-electron chi connectivity index (χ4n) is 4.01. The number of halogens is 1. The third-order valence-electron chi connectivity index (χ3n) is 5.82. The summed E-state index contributed by atoms with van der Waals surface area (Å²) in [6.07, 6.45) is 0.318. The van der Waals surface area contributed by atoms with Gasteiger partial charge in [0.1, 0.15) is 11.7 Å². The van der Waals surface area contributed by atoms with Gasteiger partial charge in [0, 0.05) is 39.0 Å². The van der Waals surface area contributed by atoms with E-state index in [4.69, 9.17) is 11.6 Å². The van der Waals surface area contributed by atoms with Crippen molar-refractivity contribution in [3.05, 3.63) is 52.3 Å². The maximum Gasteiger partial charge on any atom is 0.259 e. The molecule has 2 aromatic rings. The van der Waals surface area contributed by atoms with E-state index in [1.165, 1.54) is 0 Å². The summed E-state index contributed by atoms with van der Waals surface area (Å²) in [4.78, 5) is 53.4. The van der Waals surface area contributed by atoms with Gasteiger partial charge in [-0.2, -0.15) is 5.10 Å². The molecule has 3 heterocycles. The quantitative estimate of drug-likeness (QED) is 0.631. The van der Waals surface area contributed by atoms with Crippen LogP contribution < -0.4 is 0 Å². The SMILES string of the molecule is Cc1nn(Cc2ccccc2)c(Cl)c1C(=O)N1CCN(C(=O)CN2C(=O)CCC2=O)CC1. The molecule has 2 fully saturated rings. The van der Waals surface area contributed by atoms with Gasteiger partial charge < -0.3 is 9.80 Å². The highest BCUT2D eigenvalue weighted by Gasteiger charge is 2.34. The van der Waals surface area contributed by atoms with Crippen molar-refractivity contribution in [2.24, 2.45) is 0 Å². The van der Waals surface area contributed by atoms with Gasteiger partial charge in [-0.3, -0.25) is 24.1 Å². The predicted octanol–water partition coefficient (Wildman–Crippen LogP) is 1.33. The molecule has 4 rings (SSSR count). The highest BCUT2D eigenvalue weighted by Crippen LogP contribution is 2.23. The zero-order valence-electron chi connectivity index (χ0n) is 17.8. The summed E-state index contributed by atoms with van der Waals surface area (Å²) >= 11 is 6.51. The number of nitrogens with zero attached hydrogens (tertiary/aromatic N) is 5. The molecular formula is C22H24ClN5O4. The predicted molar refractivity (Wildman–Crippen MR) is 116 cm³/mol. The number of aryl methyl sites for hydroxylation is 1. The Morgan fingerprint density at radius 3 is 2.19 bits per heavy atom. The third kappa shape index (κ3) is 4.38. The van der Waals surface area contributed by atoms with Crippen LogP contribution in [0.25, 0.3) is 0 Å². The van der Waals surface area contributed by atoms with Crippen LogP contribution >= 0.6 is 11.6 Å². The fraction of sp³-hybridized carbons (Fsp3) is 0.409. The molecule has 4 amide bonds. The number of aromatic nitrogens is 2. The van der Waals surface area contributed by atoms with Gasteiger partial charge in [-0.15, -0.1) is 0 Å². The summed E-state index contributed by atoms with van der Waals surface area (Å²) in [5.74, 6) is -1.13. The first-order chi connectivity index (χ1) is 15.3. The van der Waals surface area contributed by atoms with Gasteiger partial charge in [0.15, 0.2) is 0 Å². The minimum absolute atomic E-state index is 0.159. The Bertz CT molecular complexity index is 1040. The van der Waals surface area contributed by atoms with Crippen molar-refractivity contribution in [1.82, 2.24) is 24.5 Å². The maximum absolute atomic E-state index is 13.1. The van der Waals surface area contributed by atoms with E-state index in [-0.39, 0.29) is 43.0 Å². The van der Waals surface area contributed by atoms with E-state index in [9.17, 15) is 19.2 Å². The smallest absolute Gasteiger partial charge is 0.259 e. The molecule has 2 saturated heterocycles. The number of hydrogen-bond acceptors (Lipinski definition) is 5. The number of hydrogen-bond donors (Lipinski definition) is 0. The molecule has 0 saturated carbocycles. The average molecular weight is 458 g/mol. The topological polar surface area (TPSA) is 95.8 Å². The number of piperazine rings is 1. The summed E-state index contributed by atoms with van der Waals surface area (Å²) in [5, 5.41) is 4.73. The van der Waals surface area contributed by atoms with E-state index < -0.39 is 0 Å². The largest absolute Gasteiger partial charge is 0.338 e. The van der Waals surface area contributed by atoms with Gasteiger partial charge in [-0.05, 0) is 12.5 Å². The number of benzene rings is 1. The van der Waals surface area contributed by atoms with Crippen molar-refractivity contribution in [2.75, 3.05) is 32.7 Å². The van der Waals surface area contributed by atoms with Crippen LogP contribution in [0, 0.1) is 6.92 Å². The summed E-state index contributed by atoms with van der Waals surface area (Å²) in [6, 6.07) is 9.73. The van der Waals surface area contributed by atoms with Crippen molar-refractivity contribution >= 4 is 35.2 Å². The summed E-state index contributed by atoms with van der Waals surface area (Å²) < 4.78 is 1.61. The minimum atomic E-state index is -0.310. The average Bonchev–Trinajstić information content (AvgIpc) is 3.26. The summed E-state index contributed by atoms with van der Waals surface area (Å²) in [7, 11) is 0. The lowest BCUT2D eigenvalue weighted by molar-refractivity contribution is -0.146. The molecule has 0 bridgehead atoms. The molecule has 32 heavy (non-hydrogen) atoms.